The fourth-order valence-electron chi connectivity index (χ4n) is 2.86. The predicted octanol–water partition coefficient (Wildman–Crippen LogP) is 2.81. The molecule has 2 aliphatic rings. The van der Waals surface area contributed by atoms with Gasteiger partial charge in [-0.1, -0.05) is 19.3 Å². The first kappa shape index (κ1) is 12.7. The first-order chi connectivity index (χ1) is 7.90. The second-order valence-electron chi connectivity index (χ2n) is 5.12. The van der Waals surface area contributed by atoms with E-state index in [1.165, 1.54) is 44.9 Å². The number of hydrogen-bond donors (Lipinski definition) is 1. The number of rotatable bonds is 3. The monoisotopic (exact) mass is 243 g/mol. The molecule has 3 heteroatoms. The Morgan fingerprint density at radius 2 is 1.75 bits per heavy atom. The molecule has 2 nitrogen and oxygen atoms in total. The van der Waals surface area contributed by atoms with E-state index >= 15 is 0 Å². The van der Waals surface area contributed by atoms with Crippen LogP contribution in [0.3, 0.4) is 0 Å². The average Bonchev–Trinajstić information content (AvgIpc) is 2.55. The maximum atomic E-state index is 5.93. The maximum absolute atomic E-state index is 5.93. The van der Waals surface area contributed by atoms with Crippen LogP contribution in [0.5, 0.6) is 0 Å². The van der Waals surface area contributed by atoms with Gasteiger partial charge in [-0.25, -0.2) is 0 Å². The van der Waals surface area contributed by atoms with E-state index in [9.17, 15) is 0 Å². The van der Waals surface area contributed by atoms with E-state index in [1.807, 2.05) is 0 Å². The van der Waals surface area contributed by atoms with Crippen LogP contribution in [0.25, 0.3) is 0 Å². The zero-order valence-electron chi connectivity index (χ0n) is 10.2. The molecule has 0 aromatic carbocycles. The first-order valence-corrected chi connectivity index (χ1v) is 7.77. The lowest BCUT2D eigenvalue weighted by Crippen LogP contribution is -2.28. The standard InChI is InChI=1S/C13H25NOS/c14-10-11-4-2-1-3-5-13(11)16-12-6-8-15-9-7-12/h11-13H,1-10,14H2. The molecule has 1 aliphatic carbocycles. The molecule has 0 amide bonds. The summed E-state index contributed by atoms with van der Waals surface area (Å²) in [5.41, 5.74) is 5.93. The number of nitrogens with two attached hydrogens (primary N) is 1. The molecule has 1 heterocycles. The summed E-state index contributed by atoms with van der Waals surface area (Å²) in [5.74, 6) is 0.773. The molecule has 1 aliphatic heterocycles. The molecular formula is C13H25NOS. The van der Waals surface area contributed by atoms with E-state index in [4.69, 9.17) is 10.5 Å². The van der Waals surface area contributed by atoms with Crippen LogP contribution in [0.15, 0.2) is 0 Å². The van der Waals surface area contributed by atoms with Crippen molar-refractivity contribution in [3.8, 4) is 0 Å². The van der Waals surface area contributed by atoms with Crippen molar-refractivity contribution in [2.24, 2.45) is 11.7 Å². The second kappa shape index (κ2) is 6.87. The molecule has 1 saturated heterocycles. The van der Waals surface area contributed by atoms with Crippen molar-refractivity contribution in [2.45, 2.75) is 55.4 Å². The molecule has 0 aromatic heterocycles. The highest BCUT2D eigenvalue weighted by Crippen LogP contribution is 2.36. The van der Waals surface area contributed by atoms with Gasteiger partial charge in [-0.2, -0.15) is 11.8 Å². The van der Waals surface area contributed by atoms with Crippen LogP contribution in [0.4, 0.5) is 0 Å². The van der Waals surface area contributed by atoms with Gasteiger partial charge in [-0.3, -0.25) is 0 Å². The average molecular weight is 243 g/mol. The molecule has 0 spiro atoms. The van der Waals surface area contributed by atoms with Gasteiger partial charge >= 0.3 is 0 Å². The van der Waals surface area contributed by atoms with Gasteiger partial charge in [0.2, 0.25) is 0 Å². The van der Waals surface area contributed by atoms with E-state index in [2.05, 4.69) is 11.8 Å². The van der Waals surface area contributed by atoms with Crippen LogP contribution in [-0.4, -0.2) is 30.3 Å². The molecule has 1 saturated carbocycles. The number of hydrogen-bond acceptors (Lipinski definition) is 3. The Morgan fingerprint density at radius 3 is 2.50 bits per heavy atom. The third-order valence-corrected chi connectivity index (χ3v) is 5.75. The summed E-state index contributed by atoms with van der Waals surface area (Å²) in [6.07, 6.45) is 9.48. The fourth-order valence-corrected chi connectivity index (χ4v) is 4.59. The lowest BCUT2D eigenvalue weighted by atomic mass is 10.0. The van der Waals surface area contributed by atoms with Crippen molar-refractivity contribution in [1.29, 1.82) is 0 Å². The summed E-state index contributed by atoms with van der Waals surface area (Å²) in [5, 5.41) is 1.67. The predicted molar refractivity (Wildman–Crippen MR) is 70.8 cm³/mol. The van der Waals surface area contributed by atoms with Gasteiger partial charge in [0.25, 0.3) is 0 Å². The van der Waals surface area contributed by atoms with Gasteiger partial charge in [-0.15, -0.1) is 0 Å². The summed E-state index contributed by atoms with van der Waals surface area (Å²) in [4.78, 5) is 0. The summed E-state index contributed by atoms with van der Waals surface area (Å²) in [6.45, 7) is 2.83. The Labute approximate surface area is 104 Å². The highest BCUT2D eigenvalue weighted by Gasteiger charge is 2.26. The fraction of sp³-hybridized carbons (Fsp3) is 1.00. The molecule has 2 atom stereocenters. The van der Waals surface area contributed by atoms with E-state index in [0.717, 1.165) is 36.2 Å². The van der Waals surface area contributed by atoms with Crippen molar-refractivity contribution in [2.75, 3.05) is 19.8 Å². The van der Waals surface area contributed by atoms with Crippen LogP contribution in [0.2, 0.25) is 0 Å². The van der Waals surface area contributed by atoms with Gasteiger partial charge in [0, 0.05) is 23.7 Å². The van der Waals surface area contributed by atoms with Crippen LogP contribution < -0.4 is 5.73 Å². The Morgan fingerprint density at radius 1 is 1.00 bits per heavy atom. The molecule has 94 valence electrons. The highest BCUT2D eigenvalue weighted by molar-refractivity contribution is 8.00. The largest absolute Gasteiger partial charge is 0.381 e. The Bertz CT molecular complexity index is 194. The number of ether oxygens (including phenoxy) is 1. The maximum Gasteiger partial charge on any atom is 0.0476 e. The molecule has 0 aromatic rings. The van der Waals surface area contributed by atoms with Crippen molar-refractivity contribution in [3.05, 3.63) is 0 Å². The molecule has 2 rings (SSSR count). The first-order valence-electron chi connectivity index (χ1n) is 6.83. The third kappa shape index (κ3) is 3.64. The van der Waals surface area contributed by atoms with Gasteiger partial charge in [0.1, 0.15) is 0 Å². The normalized spacial score (nSPS) is 33.6. The van der Waals surface area contributed by atoms with Crippen molar-refractivity contribution in [3.63, 3.8) is 0 Å². The van der Waals surface area contributed by atoms with E-state index in [-0.39, 0.29) is 0 Å². The lowest BCUT2D eigenvalue weighted by molar-refractivity contribution is 0.0998. The quantitative estimate of drug-likeness (QED) is 0.774. The van der Waals surface area contributed by atoms with Gasteiger partial charge < -0.3 is 10.5 Å². The Balaban J connectivity index is 1.83. The molecule has 0 radical (unpaired) electrons. The van der Waals surface area contributed by atoms with E-state index in [0.29, 0.717) is 0 Å². The Kier molecular flexibility index (Phi) is 5.46. The number of thioether (sulfide) groups is 1. The minimum Gasteiger partial charge on any atom is -0.381 e. The van der Waals surface area contributed by atoms with Crippen LogP contribution in [0, 0.1) is 5.92 Å². The zero-order valence-corrected chi connectivity index (χ0v) is 11.0. The summed E-state index contributed by atoms with van der Waals surface area (Å²) < 4.78 is 5.43. The van der Waals surface area contributed by atoms with Crippen molar-refractivity contribution >= 4 is 11.8 Å². The van der Waals surface area contributed by atoms with Crippen LogP contribution >= 0.6 is 11.8 Å². The summed E-state index contributed by atoms with van der Waals surface area (Å²) >= 11 is 2.23. The smallest absolute Gasteiger partial charge is 0.0476 e. The van der Waals surface area contributed by atoms with Gasteiger partial charge in [0.15, 0.2) is 0 Å². The summed E-state index contributed by atoms with van der Waals surface area (Å²) in [6, 6.07) is 0. The van der Waals surface area contributed by atoms with Crippen LogP contribution in [-0.2, 0) is 4.74 Å². The molecule has 16 heavy (non-hydrogen) atoms. The van der Waals surface area contributed by atoms with Crippen molar-refractivity contribution in [1.82, 2.24) is 0 Å². The molecular weight excluding hydrogens is 218 g/mol. The SMILES string of the molecule is NCC1CCCCCC1SC1CCOCC1. The summed E-state index contributed by atoms with van der Waals surface area (Å²) in [7, 11) is 0. The van der Waals surface area contributed by atoms with Crippen LogP contribution in [0.1, 0.15) is 44.9 Å². The lowest BCUT2D eigenvalue weighted by Gasteiger charge is -2.29. The second-order valence-corrected chi connectivity index (χ2v) is 6.66. The molecule has 2 unspecified atom stereocenters. The molecule has 2 N–H and O–H groups in total. The highest BCUT2D eigenvalue weighted by atomic mass is 32.2. The Hall–Kier alpha value is 0.270. The van der Waals surface area contributed by atoms with Crippen molar-refractivity contribution < 1.29 is 4.74 Å². The van der Waals surface area contributed by atoms with Gasteiger partial charge in [-0.05, 0) is 38.1 Å². The van der Waals surface area contributed by atoms with Gasteiger partial charge in [0.05, 0.1) is 0 Å². The molecule has 0 bridgehead atoms. The minimum atomic E-state index is 0.773. The zero-order chi connectivity index (χ0) is 11.2. The third-order valence-electron chi connectivity index (χ3n) is 3.93. The minimum absolute atomic E-state index is 0.773. The topological polar surface area (TPSA) is 35.2 Å². The van der Waals surface area contributed by atoms with E-state index in [1.54, 1.807) is 0 Å². The van der Waals surface area contributed by atoms with E-state index < -0.39 is 0 Å². The molecule has 2 fully saturated rings.